The van der Waals surface area contributed by atoms with Gasteiger partial charge >= 0.3 is 0 Å². The number of aromatic nitrogens is 2. The Morgan fingerprint density at radius 1 is 1.18 bits per heavy atom. The number of rotatable bonds is 6. The van der Waals surface area contributed by atoms with Crippen molar-refractivity contribution in [1.29, 1.82) is 0 Å². The first-order valence-electron chi connectivity index (χ1n) is 12.1. The fourth-order valence-corrected chi connectivity index (χ4v) is 5.29. The second-order valence-corrected chi connectivity index (χ2v) is 10.1. The van der Waals surface area contributed by atoms with E-state index in [1.54, 1.807) is 0 Å². The molecular formula is C27H29BrN4O2. The number of amides is 2. The lowest BCUT2D eigenvalue weighted by molar-refractivity contribution is -0.117. The first-order valence-corrected chi connectivity index (χ1v) is 12.9. The number of H-pyrrole nitrogens is 1. The zero-order valence-electron chi connectivity index (χ0n) is 19.5. The van der Waals surface area contributed by atoms with Crippen LogP contribution in [0.4, 0.5) is 5.82 Å². The summed E-state index contributed by atoms with van der Waals surface area (Å²) in [7, 11) is 0. The van der Waals surface area contributed by atoms with Crippen molar-refractivity contribution in [2.45, 2.75) is 58.0 Å². The zero-order valence-corrected chi connectivity index (χ0v) is 21.1. The number of benzene rings is 1. The minimum absolute atomic E-state index is 0.00755. The van der Waals surface area contributed by atoms with Gasteiger partial charge in [-0.25, -0.2) is 4.98 Å². The van der Waals surface area contributed by atoms with Crippen LogP contribution in [-0.4, -0.2) is 38.8 Å². The van der Waals surface area contributed by atoms with Crippen molar-refractivity contribution < 1.29 is 9.59 Å². The maximum absolute atomic E-state index is 13.6. The molecule has 2 atom stereocenters. The van der Waals surface area contributed by atoms with Crippen LogP contribution >= 0.6 is 15.9 Å². The van der Waals surface area contributed by atoms with Crippen LogP contribution in [0.15, 0.2) is 53.1 Å². The van der Waals surface area contributed by atoms with E-state index in [4.69, 9.17) is 0 Å². The molecule has 1 aromatic carbocycles. The van der Waals surface area contributed by atoms with Gasteiger partial charge in [-0.05, 0) is 73.6 Å². The Bertz CT molecular complexity index is 1280. The van der Waals surface area contributed by atoms with Crippen molar-refractivity contribution in [1.82, 2.24) is 14.9 Å². The molecule has 176 valence electrons. The molecule has 1 fully saturated rings. The number of aromatic amines is 1. The highest BCUT2D eigenvalue weighted by molar-refractivity contribution is 9.10. The van der Waals surface area contributed by atoms with E-state index in [9.17, 15) is 9.59 Å². The van der Waals surface area contributed by atoms with Crippen LogP contribution in [0.5, 0.6) is 0 Å². The maximum Gasteiger partial charge on any atom is 0.254 e. The third kappa shape index (κ3) is 4.41. The number of fused-ring (bicyclic) bond motifs is 1. The third-order valence-electron chi connectivity index (χ3n) is 6.87. The molecular weight excluding hydrogens is 492 g/mol. The molecule has 1 aliphatic carbocycles. The van der Waals surface area contributed by atoms with Crippen molar-refractivity contribution in [2.75, 3.05) is 5.32 Å². The van der Waals surface area contributed by atoms with Gasteiger partial charge in [0.1, 0.15) is 11.5 Å². The van der Waals surface area contributed by atoms with Crippen molar-refractivity contribution in [3.05, 3.63) is 64.3 Å². The van der Waals surface area contributed by atoms with Gasteiger partial charge in [0.25, 0.3) is 5.91 Å². The molecule has 5 rings (SSSR count). The highest BCUT2D eigenvalue weighted by Crippen LogP contribution is 2.37. The standard InChI is InChI=1S/C27H29BrN4O2/c1-3-20-13-18(14-21(4-2)32(20)27(34)17-6-5-7-19(28)12-17)23-15-24(31-26(33)16-8-9-16)30-25-22(23)10-11-29-25/h5-7,10-13,15-16,20-21H,3-4,8-9,14H2,1-2H3,(H2,29,30,31,33). The number of pyridine rings is 1. The van der Waals surface area contributed by atoms with E-state index in [0.717, 1.165) is 53.2 Å². The van der Waals surface area contributed by atoms with Crippen LogP contribution in [0, 0.1) is 5.92 Å². The number of hydrogen-bond acceptors (Lipinski definition) is 3. The van der Waals surface area contributed by atoms with E-state index in [0.29, 0.717) is 11.4 Å². The Balaban J connectivity index is 1.52. The van der Waals surface area contributed by atoms with Gasteiger partial charge in [0.2, 0.25) is 5.91 Å². The number of carbonyl (C=O) groups excluding carboxylic acids is 2. The fraction of sp³-hybridized carbons (Fsp3) is 0.370. The summed E-state index contributed by atoms with van der Waals surface area (Å²) in [6, 6.07) is 11.7. The Hall–Kier alpha value is -2.93. The lowest BCUT2D eigenvalue weighted by atomic mass is 9.87. The monoisotopic (exact) mass is 520 g/mol. The molecule has 3 aromatic rings. The first-order chi connectivity index (χ1) is 16.5. The van der Waals surface area contributed by atoms with Gasteiger partial charge in [0.05, 0.1) is 6.04 Å². The van der Waals surface area contributed by atoms with Crippen molar-refractivity contribution in [3.8, 4) is 0 Å². The summed E-state index contributed by atoms with van der Waals surface area (Å²) < 4.78 is 0.903. The highest BCUT2D eigenvalue weighted by atomic mass is 79.9. The quantitative estimate of drug-likeness (QED) is 0.408. The van der Waals surface area contributed by atoms with Crippen LogP contribution in [0.25, 0.3) is 16.6 Å². The molecule has 7 heteroatoms. The zero-order chi connectivity index (χ0) is 23.8. The normalized spacial score (nSPS) is 20.3. The van der Waals surface area contributed by atoms with E-state index in [1.807, 2.05) is 42.6 Å². The molecule has 0 bridgehead atoms. The van der Waals surface area contributed by atoms with Crippen LogP contribution in [-0.2, 0) is 4.79 Å². The number of nitrogens with zero attached hydrogens (tertiary/aromatic N) is 2. The second kappa shape index (κ2) is 9.37. The van der Waals surface area contributed by atoms with Crippen LogP contribution < -0.4 is 5.32 Å². The smallest absolute Gasteiger partial charge is 0.254 e. The number of nitrogens with one attached hydrogen (secondary N) is 2. The molecule has 6 nitrogen and oxygen atoms in total. The van der Waals surface area contributed by atoms with Gasteiger partial charge in [-0.2, -0.15) is 0 Å². The van der Waals surface area contributed by atoms with Crippen LogP contribution in [0.2, 0.25) is 0 Å². The van der Waals surface area contributed by atoms with Gasteiger partial charge < -0.3 is 15.2 Å². The summed E-state index contributed by atoms with van der Waals surface area (Å²) in [5.41, 5.74) is 3.73. The predicted octanol–water partition coefficient (Wildman–Crippen LogP) is 6.16. The Morgan fingerprint density at radius 2 is 2.00 bits per heavy atom. The molecule has 2 N–H and O–H groups in total. The molecule has 2 aliphatic rings. The largest absolute Gasteiger partial charge is 0.346 e. The SMILES string of the molecule is CCC1C=C(c2cc(NC(=O)C3CC3)nc3[nH]ccc23)CC(CC)N1C(=O)c1cccc(Br)c1. The molecule has 2 amide bonds. The highest BCUT2D eigenvalue weighted by Gasteiger charge is 2.34. The Morgan fingerprint density at radius 3 is 2.71 bits per heavy atom. The average molecular weight is 521 g/mol. The predicted molar refractivity (Wildman–Crippen MR) is 139 cm³/mol. The minimum atomic E-state index is -0.00755. The van der Waals surface area contributed by atoms with E-state index in [1.165, 1.54) is 5.57 Å². The summed E-state index contributed by atoms with van der Waals surface area (Å²) in [4.78, 5) is 35.8. The summed E-state index contributed by atoms with van der Waals surface area (Å²) >= 11 is 3.49. The molecule has 1 saturated carbocycles. The Labute approximate surface area is 208 Å². The van der Waals surface area contributed by atoms with E-state index >= 15 is 0 Å². The van der Waals surface area contributed by atoms with E-state index in [-0.39, 0.29) is 29.8 Å². The van der Waals surface area contributed by atoms with Crippen LogP contribution in [0.1, 0.15) is 61.9 Å². The Kier molecular flexibility index (Phi) is 6.30. The van der Waals surface area contributed by atoms with Gasteiger partial charge in [-0.15, -0.1) is 0 Å². The summed E-state index contributed by atoms with van der Waals surface area (Å²) in [5, 5.41) is 4.04. The van der Waals surface area contributed by atoms with Crippen LogP contribution in [0.3, 0.4) is 0 Å². The summed E-state index contributed by atoms with van der Waals surface area (Å²) in [6.07, 6.45) is 8.46. The van der Waals surface area contributed by atoms with Gasteiger partial charge in [-0.3, -0.25) is 9.59 Å². The second-order valence-electron chi connectivity index (χ2n) is 9.22. The topological polar surface area (TPSA) is 78.1 Å². The minimum Gasteiger partial charge on any atom is -0.346 e. The van der Waals surface area contributed by atoms with E-state index in [2.05, 4.69) is 56.0 Å². The molecule has 3 heterocycles. The lowest BCUT2D eigenvalue weighted by Gasteiger charge is -2.41. The van der Waals surface area contributed by atoms with Crippen molar-refractivity contribution in [3.63, 3.8) is 0 Å². The summed E-state index contributed by atoms with van der Waals surface area (Å²) in [6.45, 7) is 4.26. The van der Waals surface area contributed by atoms with E-state index < -0.39 is 0 Å². The van der Waals surface area contributed by atoms with Gasteiger partial charge in [0.15, 0.2) is 0 Å². The fourth-order valence-electron chi connectivity index (χ4n) is 4.89. The molecule has 34 heavy (non-hydrogen) atoms. The van der Waals surface area contributed by atoms with Crippen molar-refractivity contribution >= 4 is 50.2 Å². The average Bonchev–Trinajstić information content (AvgIpc) is 3.60. The van der Waals surface area contributed by atoms with Gasteiger partial charge in [0, 0.05) is 33.6 Å². The summed E-state index contributed by atoms with van der Waals surface area (Å²) in [5.74, 6) is 0.807. The number of hydrogen-bond donors (Lipinski definition) is 2. The first kappa shape index (κ1) is 22.8. The third-order valence-corrected chi connectivity index (χ3v) is 7.36. The molecule has 1 aliphatic heterocycles. The number of halogens is 1. The molecule has 2 unspecified atom stereocenters. The molecule has 0 saturated heterocycles. The number of anilines is 1. The number of carbonyl (C=O) groups is 2. The molecule has 0 spiro atoms. The lowest BCUT2D eigenvalue weighted by Crippen LogP contribution is -2.48. The van der Waals surface area contributed by atoms with Crippen molar-refractivity contribution in [2.24, 2.45) is 5.92 Å². The molecule has 2 aromatic heterocycles. The van der Waals surface area contributed by atoms with Gasteiger partial charge in [-0.1, -0.05) is 41.9 Å². The maximum atomic E-state index is 13.6. The molecule has 0 radical (unpaired) electrons.